The molecule has 1 aliphatic rings. The molecular weight excluding hydrogens is 274 g/mol. The molecule has 1 aromatic rings. The number of nitrogens with zero attached hydrogens (tertiary/aromatic N) is 1. The molecule has 2 amide bonds. The van der Waals surface area contributed by atoms with Gasteiger partial charge in [0.15, 0.2) is 0 Å². The topological polar surface area (TPSA) is 85.1 Å². The van der Waals surface area contributed by atoms with E-state index in [9.17, 15) is 9.59 Å². The number of nitrogens with one attached hydrogen (secondary N) is 1. The minimum Gasteiger partial charge on any atom is -0.369 e. The smallest absolute Gasteiger partial charge is 0.244 e. The summed E-state index contributed by atoms with van der Waals surface area (Å²) in [5, 5.41) is 2.90. The predicted octanol–water partition coefficient (Wildman–Crippen LogP) is 1.56. The van der Waals surface area contributed by atoms with Crippen molar-refractivity contribution in [3.8, 4) is 0 Å². The zero-order valence-corrected chi connectivity index (χ0v) is 12.1. The highest BCUT2D eigenvalue weighted by Crippen LogP contribution is 2.27. The average molecular weight is 293 g/mol. The maximum absolute atomic E-state index is 11.7. The molecule has 0 aliphatic heterocycles. The molecule has 3 N–H and O–H groups in total. The van der Waals surface area contributed by atoms with E-state index >= 15 is 0 Å². The summed E-state index contributed by atoms with van der Waals surface area (Å²) < 4.78 is 0. The largest absolute Gasteiger partial charge is 0.369 e. The van der Waals surface area contributed by atoms with Crippen LogP contribution in [0.2, 0.25) is 0 Å². The van der Waals surface area contributed by atoms with Crippen LogP contribution in [0.25, 0.3) is 6.08 Å². The van der Waals surface area contributed by atoms with E-state index in [2.05, 4.69) is 10.3 Å². The molecule has 5 nitrogen and oxygen atoms in total. The lowest BCUT2D eigenvalue weighted by atomic mass is 9.81. The first-order valence-corrected chi connectivity index (χ1v) is 7.67. The molecule has 0 aromatic carbocycles. The molecule has 2 rings (SSSR count). The van der Waals surface area contributed by atoms with Gasteiger partial charge in [-0.3, -0.25) is 14.6 Å². The van der Waals surface area contributed by atoms with Gasteiger partial charge in [-0.15, -0.1) is 11.3 Å². The van der Waals surface area contributed by atoms with Crippen molar-refractivity contribution in [1.29, 1.82) is 0 Å². The Balaban J connectivity index is 1.68. The number of aromatic nitrogens is 1. The second kappa shape index (κ2) is 7.19. The summed E-state index contributed by atoms with van der Waals surface area (Å²) in [4.78, 5) is 27.6. The van der Waals surface area contributed by atoms with Crippen LogP contribution in [0.1, 0.15) is 30.6 Å². The molecule has 0 bridgehead atoms. The minimum atomic E-state index is -0.194. The van der Waals surface area contributed by atoms with E-state index in [0.717, 1.165) is 30.6 Å². The Kier molecular flexibility index (Phi) is 5.29. The van der Waals surface area contributed by atoms with Gasteiger partial charge in [-0.1, -0.05) is 0 Å². The Morgan fingerprint density at radius 2 is 2.15 bits per heavy atom. The highest BCUT2D eigenvalue weighted by Gasteiger charge is 2.24. The SMILES string of the molecule is NC(=O)C1CCC(CNC(=O)C=Cc2cncs2)CC1. The first kappa shape index (κ1) is 14.7. The summed E-state index contributed by atoms with van der Waals surface area (Å²) in [6.07, 6.45) is 8.59. The van der Waals surface area contributed by atoms with Crippen molar-refractivity contribution >= 4 is 29.2 Å². The van der Waals surface area contributed by atoms with Gasteiger partial charge in [0.05, 0.1) is 5.51 Å². The molecule has 1 heterocycles. The average Bonchev–Trinajstić information content (AvgIpc) is 2.96. The van der Waals surface area contributed by atoms with Crippen molar-refractivity contribution in [2.45, 2.75) is 25.7 Å². The molecular formula is C14H19N3O2S. The predicted molar refractivity (Wildman–Crippen MR) is 78.8 cm³/mol. The van der Waals surface area contributed by atoms with Gasteiger partial charge >= 0.3 is 0 Å². The van der Waals surface area contributed by atoms with Crippen molar-refractivity contribution in [3.63, 3.8) is 0 Å². The third-order valence-electron chi connectivity index (χ3n) is 3.66. The molecule has 0 radical (unpaired) electrons. The van der Waals surface area contributed by atoms with E-state index in [4.69, 9.17) is 5.73 Å². The first-order chi connectivity index (χ1) is 9.65. The van der Waals surface area contributed by atoms with Crippen molar-refractivity contribution in [2.75, 3.05) is 6.54 Å². The van der Waals surface area contributed by atoms with Gasteiger partial charge in [0.25, 0.3) is 0 Å². The summed E-state index contributed by atoms with van der Waals surface area (Å²) in [6, 6.07) is 0. The fraction of sp³-hybridized carbons (Fsp3) is 0.500. The van der Waals surface area contributed by atoms with Crippen LogP contribution < -0.4 is 11.1 Å². The molecule has 1 saturated carbocycles. The number of rotatable bonds is 5. The number of hydrogen-bond donors (Lipinski definition) is 2. The van der Waals surface area contributed by atoms with Crippen LogP contribution in [-0.2, 0) is 9.59 Å². The number of thiazole rings is 1. The van der Waals surface area contributed by atoms with Crippen LogP contribution in [0.5, 0.6) is 0 Å². The molecule has 1 aromatic heterocycles. The van der Waals surface area contributed by atoms with Gasteiger partial charge in [0, 0.05) is 29.6 Å². The number of primary amides is 1. The van der Waals surface area contributed by atoms with Gasteiger partial charge in [-0.05, 0) is 37.7 Å². The lowest BCUT2D eigenvalue weighted by Gasteiger charge is -2.26. The van der Waals surface area contributed by atoms with Gasteiger partial charge in [0.2, 0.25) is 11.8 Å². The van der Waals surface area contributed by atoms with Crippen molar-refractivity contribution in [1.82, 2.24) is 10.3 Å². The number of nitrogens with two attached hydrogens (primary N) is 1. The Hall–Kier alpha value is -1.69. The number of carbonyl (C=O) groups is 2. The molecule has 0 atom stereocenters. The summed E-state index contributed by atoms with van der Waals surface area (Å²) in [6.45, 7) is 0.664. The van der Waals surface area contributed by atoms with Gasteiger partial charge in [-0.2, -0.15) is 0 Å². The van der Waals surface area contributed by atoms with Crippen molar-refractivity contribution in [2.24, 2.45) is 17.6 Å². The first-order valence-electron chi connectivity index (χ1n) is 6.79. The maximum atomic E-state index is 11.7. The van der Waals surface area contributed by atoms with E-state index < -0.39 is 0 Å². The van der Waals surface area contributed by atoms with E-state index in [-0.39, 0.29) is 17.7 Å². The Morgan fingerprint density at radius 3 is 2.75 bits per heavy atom. The molecule has 6 heteroatoms. The number of amides is 2. The highest BCUT2D eigenvalue weighted by molar-refractivity contribution is 7.10. The maximum Gasteiger partial charge on any atom is 0.244 e. The standard InChI is InChI=1S/C14H19N3O2S/c15-14(19)11-3-1-10(2-4-11)7-17-13(18)6-5-12-8-16-9-20-12/h5-6,8-11H,1-4,7H2,(H2,15,19)(H,17,18). The highest BCUT2D eigenvalue weighted by atomic mass is 32.1. The van der Waals surface area contributed by atoms with E-state index in [1.807, 2.05) is 0 Å². The second-order valence-corrected chi connectivity index (χ2v) is 6.02. The zero-order valence-electron chi connectivity index (χ0n) is 11.2. The quantitative estimate of drug-likeness (QED) is 0.808. The minimum absolute atomic E-state index is 0.0215. The summed E-state index contributed by atoms with van der Waals surface area (Å²) >= 11 is 1.49. The normalized spacial score (nSPS) is 22.8. The second-order valence-electron chi connectivity index (χ2n) is 5.10. The monoisotopic (exact) mass is 293 g/mol. The fourth-order valence-electron chi connectivity index (χ4n) is 2.42. The van der Waals surface area contributed by atoms with Crippen LogP contribution in [0, 0.1) is 11.8 Å². The fourth-order valence-corrected chi connectivity index (χ4v) is 2.93. The van der Waals surface area contributed by atoms with Crippen molar-refractivity contribution < 1.29 is 9.59 Å². The van der Waals surface area contributed by atoms with Crippen LogP contribution in [0.4, 0.5) is 0 Å². The molecule has 0 unspecified atom stereocenters. The van der Waals surface area contributed by atoms with E-state index in [1.165, 1.54) is 17.4 Å². The van der Waals surface area contributed by atoms with Gasteiger partial charge in [0.1, 0.15) is 0 Å². The van der Waals surface area contributed by atoms with Gasteiger partial charge < -0.3 is 11.1 Å². The molecule has 0 saturated heterocycles. The van der Waals surface area contributed by atoms with Crippen molar-refractivity contribution in [3.05, 3.63) is 22.7 Å². The van der Waals surface area contributed by atoms with Crippen LogP contribution in [0.3, 0.4) is 0 Å². The van der Waals surface area contributed by atoms with Crippen LogP contribution in [0.15, 0.2) is 17.8 Å². The lowest BCUT2D eigenvalue weighted by Crippen LogP contribution is -2.33. The Morgan fingerprint density at radius 1 is 1.40 bits per heavy atom. The number of carbonyl (C=O) groups excluding carboxylic acids is 2. The molecule has 1 fully saturated rings. The Bertz CT molecular complexity index is 477. The van der Waals surface area contributed by atoms with Crippen LogP contribution >= 0.6 is 11.3 Å². The molecule has 20 heavy (non-hydrogen) atoms. The molecule has 0 spiro atoms. The van der Waals surface area contributed by atoms with Gasteiger partial charge in [-0.25, -0.2) is 0 Å². The lowest BCUT2D eigenvalue weighted by molar-refractivity contribution is -0.123. The summed E-state index contributed by atoms with van der Waals surface area (Å²) in [5.74, 6) is 0.190. The van der Waals surface area contributed by atoms with E-state index in [1.54, 1.807) is 17.8 Å². The Labute approximate surface area is 122 Å². The van der Waals surface area contributed by atoms with E-state index in [0.29, 0.717) is 12.5 Å². The molecule has 1 aliphatic carbocycles. The molecule has 108 valence electrons. The number of hydrogen-bond acceptors (Lipinski definition) is 4. The summed E-state index contributed by atoms with van der Waals surface area (Å²) in [7, 11) is 0. The summed E-state index contributed by atoms with van der Waals surface area (Å²) in [5.41, 5.74) is 7.03. The zero-order chi connectivity index (χ0) is 14.4. The van der Waals surface area contributed by atoms with Crippen LogP contribution in [-0.4, -0.2) is 23.3 Å². The third kappa shape index (κ3) is 4.45. The third-order valence-corrected chi connectivity index (χ3v) is 4.41.